The maximum Gasteiger partial charge on any atom is 0.221 e. The van der Waals surface area contributed by atoms with Gasteiger partial charge in [0, 0.05) is 25.6 Å². The van der Waals surface area contributed by atoms with Crippen LogP contribution in [0, 0.1) is 5.92 Å². The van der Waals surface area contributed by atoms with Crippen molar-refractivity contribution < 1.29 is 9.53 Å². The lowest BCUT2D eigenvalue weighted by Gasteiger charge is -2.18. The summed E-state index contributed by atoms with van der Waals surface area (Å²) in [5.41, 5.74) is 1.22. The number of rotatable bonds is 9. The third-order valence-corrected chi connectivity index (χ3v) is 3.38. The van der Waals surface area contributed by atoms with Gasteiger partial charge in [0.15, 0.2) is 0 Å². The van der Waals surface area contributed by atoms with Crippen LogP contribution in [0.1, 0.15) is 45.2 Å². The third-order valence-electron chi connectivity index (χ3n) is 3.38. The summed E-state index contributed by atoms with van der Waals surface area (Å²) in [6, 6.07) is 8.34. The standard InChI is InChI=1S/C17H28N2O2/c1-5-16(14-6-8-15(21-4)9-7-14)18-11-10-17(20)19-12-13(2)3/h6-9,13,16,18H,5,10-12H2,1-4H3,(H,19,20). The average Bonchev–Trinajstić information content (AvgIpc) is 2.49. The van der Waals surface area contributed by atoms with E-state index in [1.165, 1.54) is 5.56 Å². The summed E-state index contributed by atoms with van der Waals surface area (Å²) in [7, 11) is 1.67. The largest absolute Gasteiger partial charge is 0.497 e. The number of benzene rings is 1. The molecule has 0 heterocycles. The lowest BCUT2D eigenvalue weighted by atomic mass is 10.0. The van der Waals surface area contributed by atoms with Gasteiger partial charge in [-0.3, -0.25) is 4.79 Å². The molecule has 2 N–H and O–H groups in total. The molecule has 0 saturated heterocycles. The first-order valence-electron chi connectivity index (χ1n) is 7.70. The molecule has 0 aromatic heterocycles. The van der Waals surface area contributed by atoms with Crippen molar-refractivity contribution in [3.8, 4) is 5.75 Å². The highest BCUT2D eigenvalue weighted by Crippen LogP contribution is 2.19. The Hall–Kier alpha value is -1.55. The van der Waals surface area contributed by atoms with Gasteiger partial charge in [-0.1, -0.05) is 32.9 Å². The molecule has 1 aromatic carbocycles. The van der Waals surface area contributed by atoms with Gasteiger partial charge in [-0.25, -0.2) is 0 Å². The predicted octanol–water partition coefficient (Wildman–Crippen LogP) is 2.90. The smallest absolute Gasteiger partial charge is 0.221 e. The molecule has 0 bridgehead atoms. The van der Waals surface area contributed by atoms with Crippen LogP contribution in [0.5, 0.6) is 5.75 Å². The van der Waals surface area contributed by atoms with E-state index < -0.39 is 0 Å². The summed E-state index contributed by atoms with van der Waals surface area (Å²) in [5.74, 6) is 1.46. The molecular formula is C17H28N2O2. The molecule has 0 saturated carbocycles. The fourth-order valence-corrected chi connectivity index (χ4v) is 2.10. The van der Waals surface area contributed by atoms with E-state index in [1.807, 2.05) is 12.1 Å². The van der Waals surface area contributed by atoms with Crippen molar-refractivity contribution in [2.24, 2.45) is 5.92 Å². The van der Waals surface area contributed by atoms with Gasteiger partial charge in [-0.2, -0.15) is 0 Å². The minimum absolute atomic E-state index is 0.112. The molecule has 21 heavy (non-hydrogen) atoms. The molecule has 0 aliphatic carbocycles. The number of ether oxygens (including phenoxy) is 1. The van der Waals surface area contributed by atoms with E-state index in [9.17, 15) is 4.79 Å². The van der Waals surface area contributed by atoms with Crippen LogP contribution in [0.2, 0.25) is 0 Å². The number of nitrogens with one attached hydrogen (secondary N) is 2. The summed E-state index contributed by atoms with van der Waals surface area (Å²) in [6.07, 6.45) is 1.50. The number of hydrogen-bond acceptors (Lipinski definition) is 3. The summed E-state index contributed by atoms with van der Waals surface area (Å²) in [5, 5.41) is 6.37. The van der Waals surface area contributed by atoms with Gasteiger partial charge in [0.05, 0.1) is 7.11 Å². The fraction of sp³-hybridized carbons (Fsp3) is 0.588. The molecule has 0 aliphatic heterocycles. The number of hydrogen-bond donors (Lipinski definition) is 2. The van der Waals surface area contributed by atoms with Crippen LogP contribution in [0.3, 0.4) is 0 Å². The van der Waals surface area contributed by atoms with E-state index >= 15 is 0 Å². The fourth-order valence-electron chi connectivity index (χ4n) is 2.10. The molecule has 0 aliphatic rings. The van der Waals surface area contributed by atoms with E-state index in [1.54, 1.807) is 7.11 Å². The van der Waals surface area contributed by atoms with E-state index in [-0.39, 0.29) is 11.9 Å². The Morgan fingerprint density at radius 3 is 2.43 bits per heavy atom. The lowest BCUT2D eigenvalue weighted by Crippen LogP contribution is -2.31. The predicted molar refractivity (Wildman–Crippen MR) is 86.5 cm³/mol. The van der Waals surface area contributed by atoms with Gasteiger partial charge >= 0.3 is 0 Å². The lowest BCUT2D eigenvalue weighted by molar-refractivity contribution is -0.121. The molecule has 1 unspecified atom stereocenters. The van der Waals surface area contributed by atoms with Gasteiger partial charge < -0.3 is 15.4 Å². The molecule has 1 rings (SSSR count). The summed E-state index contributed by atoms with van der Waals surface area (Å²) < 4.78 is 5.17. The zero-order chi connectivity index (χ0) is 15.7. The van der Waals surface area contributed by atoms with Crippen molar-refractivity contribution in [3.05, 3.63) is 29.8 Å². The normalized spacial score (nSPS) is 12.2. The first-order chi connectivity index (χ1) is 10.1. The first-order valence-corrected chi connectivity index (χ1v) is 7.70. The molecule has 1 amide bonds. The zero-order valence-corrected chi connectivity index (χ0v) is 13.6. The minimum Gasteiger partial charge on any atom is -0.497 e. The number of carbonyl (C=O) groups excluding carboxylic acids is 1. The monoisotopic (exact) mass is 292 g/mol. The highest BCUT2D eigenvalue weighted by molar-refractivity contribution is 5.76. The van der Waals surface area contributed by atoms with Gasteiger partial charge in [0.25, 0.3) is 0 Å². The van der Waals surface area contributed by atoms with Crippen molar-refractivity contribution in [1.29, 1.82) is 0 Å². The van der Waals surface area contributed by atoms with Crippen LogP contribution in [0.15, 0.2) is 24.3 Å². The molecule has 4 nitrogen and oxygen atoms in total. The second-order valence-electron chi connectivity index (χ2n) is 5.64. The Kier molecular flexibility index (Phi) is 7.83. The summed E-state index contributed by atoms with van der Waals surface area (Å²) >= 11 is 0. The van der Waals surface area contributed by atoms with E-state index in [0.29, 0.717) is 18.9 Å². The van der Waals surface area contributed by atoms with Crippen molar-refractivity contribution >= 4 is 5.91 Å². The van der Waals surface area contributed by atoms with Crippen LogP contribution < -0.4 is 15.4 Å². The average molecular weight is 292 g/mol. The van der Waals surface area contributed by atoms with E-state index in [4.69, 9.17) is 4.74 Å². The van der Waals surface area contributed by atoms with Gasteiger partial charge in [-0.05, 0) is 30.0 Å². The molecule has 0 radical (unpaired) electrons. The summed E-state index contributed by atoms with van der Waals surface area (Å²) in [4.78, 5) is 11.7. The molecule has 1 atom stereocenters. The first kappa shape index (κ1) is 17.5. The minimum atomic E-state index is 0.112. The van der Waals surface area contributed by atoms with E-state index in [2.05, 4.69) is 43.5 Å². The number of carbonyl (C=O) groups is 1. The molecular weight excluding hydrogens is 264 g/mol. The highest BCUT2D eigenvalue weighted by atomic mass is 16.5. The number of methoxy groups -OCH3 is 1. The van der Waals surface area contributed by atoms with Crippen molar-refractivity contribution in [1.82, 2.24) is 10.6 Å². The Labute approximate surface area is 128 Å². The Morgan fingerprint density at radius 1 is 1.24 bits per heavy atom. The summed E-state index contributed by atoms with van der Waals surface area (Å²) in [6.45, 7) is 7.76. The van der Waals surface area contributed by atoms with Crippen LogP contribution in [-0.4, -0.2) is 26.1 Å². The van der Waals surface area contributed by atoms with Gasteiger partial charge in [0.1, 0.15) is 5.75 Å². The quantitative estimate of drug-likeness (QED) is 0.736. The van der Waals surface area contributed by atoms with Crippen molar-refractivity contribution in [2.75, 3.05) is 20.2 Å². The molecule has 1 aromatic rings. The number of amides is 1. The van der Waals surface area contributed by atoms with Crippen molar-refractivity contribution in [3.63, 3.8) is 0 Å². The van der Waals surface area contributed by atoms with Crippen LogP contribution in [0.4, 0.5) is 0 Å². The highest BCUT2D eigenvalue weighted by Gasteiger charge is 2.09. The molecule has 0 fully saturated rings. The van der Waals surface area contributed by atoms with Crippen molar-refractivity contribution in [2.45, 2.75) is 39.7 Å². The topological polar surface area (TPSA) is 50.4 Å². The second kappa shape index (κ2) is 9.40. The van der Waals surface area contributed by atoms with Crippen LogP contribution in [-0.2, 0) is 4.79 Å². The molecule has 4 heteroatoms. The van der Waals surface area contributed by atoms with Gasteiger partial charge in [0.2, 0.25) is 5.91 Å². The SMILES string of the molecule is CCC(NCCC(=O)NCC(C)C)c1ccc(OC)cc1. The van der Waals surface area contributed by atoms with Gasteiger partial charge in [-0.15, -0.1) is 0 Å². The van der Waals surface area contributed by atoms with Crippen LogP contribution >= 0.6 is 0 Å². The zero-order valence-electron chi connectivity index (χ0n) is 13.6. The third kappa shape index (κ3) is 6.63. The Balaban J connectivity index is 2.38. The van der Waals surface area contributed by atoms with E-state index in [0.717, 1.165) is 18.7 Å². The Bertz CT molecular complexity index is 415. The maximum absolute atomic E-state index is 11.7. The maximum atomic E-state index is 11.7. The second-order valence-corrected chi connectivity index (χ2v) is 5.64. The molecule has 118 valence electrons. The Morgan fingerprint density at radius 2 is 1.90 bits per heavy atom. The van der Waals surface area contributed by atoms with Crippen LogP contribution in [0.25, 0.3) is 0 Å². The molecule has 0 spiro atoms.